The number of anilines is 1. The zero-order valence-corrected chi connectivity index (χ0v) is 14.1. The van der Waals surface area contributed by atoms with Crippen molar-refractivity contribution in [3.63, 3.8) is 0 Å². The van der Waals surface area contributed by atoms with Crippen molar-refractivity contribution in [2.75, 3.05) is 5.32 Å². The van der Waals surface area contributed by atoms with Crippen LogP contribution in [0.5, 0.6) is 11.5 Å². The van der Waals surface area contributed by atoms with Gasteiger partial charge in [0, 0.05) is 12.3 Å². The molecule has 0 unspecified atom stereocenters. The lowest BCUT2D eigenvalue weighted by Gasteiger charge is -2.09. The van der Waals surface area contributed by atoms with Gasteiger partial charge in [0.15, 0.2) is 5.65 Å². The lowest BCUT2D eigenvalue weighted by Crippen LogP contribution is -2.14. The molecule has 0 fully saturated rings. The van der Waals surface area contributed by atoms with Crippen LogP contribution >= 0.6 is 0 Å². The number of nitrogens with zero attached hydrogens (tertiary/aromatic N) is 5. The number of carbonyl (C=O) groups is 1. The van der Waals surface area contributed by atoms with Crippen molar-refractivity contribution in [3.8, 4) is 11.5 Å². The quantitative estimate of drug-likeness (QED) is 0.598. The molecule has 0 atom stereocenters. The molecule has 0 saturated heterocycles. The molecule has 0 aliphatic rings. The Morgan fingerprint density at radius 2 is 2.04 bits per heavy atom. The van der Waals surface area contributed by atoms with Gasteiger partial charge in [-0.3, -0.25) is 9.78 Å². The summed E-state index contributed by atoms with van der Waals surface area (Å²) in [6, 6.07) is 6.23. The lowest BCUT2D eigenvalue weighted by atomic mass is 10.2. The molecule has 0 bridgehead atoms. The van der Waals surface area contributed by atoms with Crippen LogP contribution in [0.4, 0.5) is 10.2 Å². The highest BCUT2D eigenvalue weighted by molar-refractivity contribution is 6.08. The topological polar surface area (TPSA) is 94.3 Å². The smallest absolute Gasteiger partial charge is 0.260 e. The van der Waals surface area contributed by atoms with Gasteiger partial charge in [0.05, 0.1) is 24.2 Å². The average Bonchev–Trinajstić information content (AvgIpc) is 3.11. The molecule has 8 nitrogen and oxygen atoms in total. The number of rotatable bonds is 4. The predicted octanol–water partition coefficient (Wildman–Crippen LogP) is 3.01. The van der Waals surface area contributed by atoms with Gasteiger partial charge in [-0.1, -0.05) is 6.07 Å². The molecule has 4 aromatic rings. The lowest BCUT2D eigenvalue weighted by molar-refractivity contribution is 0.102. The number of halogens is 1. The first-order chi connectivity index (χ1) is 13.1. The average molecular weight is 364 g/mol. The molecule has 4 rings (SSSR count). The van der Waals surface area contributed by atoms with Crippen LogP contribution in [-0.2, 0) is 0 Å². The predicted molar refractivity (Wildman–Crippen MR) is 94.2 cm³/mol. The highest BCUT2D eigenvalue weighted by atomic mass is 19.1. The molecule has 0 aliphatic carbocycles. The number of nitrogens with one attached hydrogen (secondary N) is 1. The van der Waals surface area contributed by atoms with Gasteiger partial charge < -0.3 is 10.1 Å². The Hall–Kier alpha value is -3.88. The van der Waals surface area contributed by atoms with Gasteiger partial charge in [0.25, 0.3) is 5.91 Å². The third kappa shape index (κ3) is 3.56. The zero-order valence-electron chi connectivity index (χ0n) is 14.1. The summed E-state index contributed by atoms with van der Waals surface area (Å²) in [5, 5.41) is 6.75. The molecule has 0 saturated carbocycles. The number of ether oxygens (including phenoxy) is 1. The first-order valence-corrected chi connectivity index (χ1v) is 7.94. The van der Waals surface area contributed by atoms with E-state index in [0.29, 0.717) is 11.5 Å². The van der Waals surface area contributed by atoms with Gasteiger partial charge in [-0.15, -0.1) is 0 Å². The highest BCUT2D eigenvalue weighted by Gasteiger charge is 2.16. The first kappa shape index (κ1) is 16.6. The Bertz CT molecular complexity index is 1130. The van der Waals surface area contributed by atoms with Crippen molar-refractivity contribution in [1.82, 2.24) is 24.6 Å². The maximum absolute atomic E-state index is 13.3. The van der Waals surface area contributed by atoms with E-state index in [0.717, 1.165) is 11.8 Å². The molecule has 0 spiro atoms. The third-order valence-electron chi connectivity index (χ3n) is 3.66. The SMILES string of the molecule is Cc1ccc(NC(=O)c2cc(Oc3cncc(F)c3)cn3ncnc23)nc1. The molecular formula is C18H13FN6O2. The minimum absolute atomic E-state index is 0.195. The molecular weight excluding hydrogens is 351 g/mol. The number of carbonyl (C=O) groups excluding carboxylic acids is 1. The minimum atomic E-state index is -0.530. The van der Waals surface area contributed by atoms with Crippen LogP contribution < -0.4 is 10.1 Å². The summed E-state index contributed by atoms with van der Waals surface area (Å²) in [4.78, 5) is 24.7. The third-order valence-corrected chi connectivity index (χ3v) is 3.66. The number of fused-ring (bicyclic) bond motifs is 1. The number of amides is 1. The second kappa shape index (κ2) is 6.79. The summed E-state index contributed by atoms with van der Waals surface area (Å²) in [6.07, 6.45) is 6.95. The van der Waals surface area contributed by atoms with E-state index in [1.54, 1.807) is 12.3 Å². The molecule has 1 N–H and O–H groups in total. The maximum Gasteiger partial charge on any atom is 0.260 e. The van der Waals surface area contributed by atoms with Crippen molar-refractivity contribution in [1.29, 1.82) is 0 Å². The summed E-state index contributed by atoms with van der Waals surface area (Å²) in [5.41, 5.74) is 1.56. The Balaban J connectivity index is 1.67. The van der Waals surface area contributed by atoms with Crippen molar-refractivity contribution in [2.24, 2.45) is 0 Å². The van der Waals surface area contributed by atoms with Gasteiger partial charge in [-0.05, 0) is 24.6 Å². The molecule has 1 amide bonds. The molecule has 9 heteroatoms. The van der Waals surface area contributed by atoms with Crippen LogP contribution in [0.3, 0.4) is 0 Å². The minimum Gasteiger partial charge on any atom is -0.454 e. The van der Waals surface area contributed by atoms with Crippen LogP contribution in [0.25, 0.3) is 5.65 Å². The van der Waals surface area contributed by atoms with Crippen molar-refractivity contribution in [2.45, 2.75) is 6.92 Å². The second-order valence-corrected chi connectivity index (χ2v) is 5.73. The number of hydrogen-bond donors (Lipinski definition) is 1. The fraction of sp³-hybridized carbons (Fsp3) is 0.0556. The molecule has 0 aromatic carbocycles. The van der Waals surface area contributed by atoms with Crippen LogP contribution in [-0.4, -0.2) is 30.5 Å². The molecule has 4 heterocycles. The van der Waals surface area contributed by atoms with Gasteiger partial charge in [-0.2, -0.15) is 5.10 Å². The normalized spacial score (nSPS) is 10.7. The molecule has 134 valence electrons. The van der Waals surface area contributed by atoms with Crippen molar-refractivity contribution in [3.05, 3.63) is 72.3 Å². The highest BCUT2D eigenvalue weighted by Crippen LogP contribution is 2.24. The number of hydrogen-bond acceptors (Lipinski definition) is 6. The van der Waals surface area contributed by atoms with E-state index in [1.807, 2.05) is 13.0 Å². The van der Waals surface area contributed by atoms with E-state index in [1.165, 1.54) is 35.4 Å². The number of aromatic nitrogens is 5. The Labute approximate surface area is 152 Å². The van der Waals surface area contributed by atoms with E-state index in [2.05, 4.69) is 25.4 Å². The van der Waals surface area contributed by atoms with E-state index in [4.69, 9.17) is 4.74 Å². The van der Waals surface area contributed by atoms with Gasteiger partial charge in [0.1, 0.15) is 29.5 Å². The Morgan fingerprint density at radius 3 is 2.81 bits per heavy atom. The first-order valence-electron chi connectivity index (χ1n) is 7.94. The summed E-state index contributed by atoms with van der Waals surface area (Å²) in [7, 11) is 0. The van der Waals surface area contributed by atoms with Gasteiger partial charge in [0.2, 0.25) is 0 Å². The number of pyridine rings is 3. The summed E-state index contributed by atoms with van der Waals surface area (Å²) in [6.45, 7) is 1.90. The van der Waals surface area contributed by atoms with E-state index < -0.39 is 11.7 Å². The van der Waals surface area contributed by atoms with E-state index >= 15 is 0 Å². The summed E-state index contributed by atoms with van der Waals surface area (Å²) >= 11 is 0. The molecule has 0 aliphatic heterocycles. The van der Waals surface area contributed by atoms with Gasteiger partial charge in [-0.25, -0.2) is 18.9 Å². The monoisotopic (exact) mass is 364 g/mol. The Kier molecular flexibility index (Phi) is 4.17. The zero-order chi connectivity index (χ0) is 18.8. The standard InChI is InChI=1S/C18H13FN6O2/c1-11-2-3-16(21-6-11)24-18(26)15-5-14(9-25-17(15)22-10-23-25)27-13-4-12(19)7-20-8-13/h2-10H,1H3,(H,21,24,26). The molecule has 27 heavy (non-hydrogen) atoms. The second-order valence-electron chi connectivity index (χ2n) is 5.73. The van der Waals surface area contributed by atoms with Crippen molar-refractivity contribution < 1.29 is 13.9 Å². The molecule has 0 radical (unpaired) electrons. The molecule has 4 aromatic heterocycles. The van der Waals surface area contributed by atoms with Gasteiger partial charge >= 0.3 is 0 Å². The van der Waals surface area contributed by atoms with Crippen LogP contribution in [0, 0.1) is 12.7 Å². The van der Waals surface area contributed by atoms with E-state index in [9.17, 15) is 9.18 Å². The fourth-order valence-electron chi connectivity index (χ4n) is 2.43. The van der Waals surface area contributed by atoms with Crippen LogP contribution in [0.15, 0.2) is 55.4 Å². The fourth-order valence-corrected chi connectivity index (χ4v) is 2.43. The Morgan fingerprint density at radius 1 is 1.15 bits per heavy atom. The summed E-state index contributed by atoms with van der Waals surface area (Å²) in [5.74, 6) is -0.0720. The van der Waals surface area contributed by atoms with E-state index in [-0.39, 0.29) is 17.1 Å². The largest absolute Gasteiger partial charge is 0.454 e. The number of aryl methyl sites for hydroxylation is 1. The summed E-state index contributed by atoms with van der Waals surface area (Å²) < 4.78 is 20.3. The van der Waals surface area contributed by atoms with Crippen molar-refractivity contribution >= 4 is 17.4 Å². The van der Waals surface area contributed by atoms with Crippen LogP contribution in [0.1, 0.15) is 15.9 Å². The van der Waals surface area contributed by atoms with Crippen LogP contribution in [0.2, 0.25) is 0 Å². The maximum atomic E-state index is 13.3.